The third kappa shape index (κ3) is 3.03. The van der Waals surface area contributed by atoms with Gasteiger partial charge in [0.2, 0.25) is 5.91 Å². The SMILES string of the molecule is CC(C)CSCC(=O)N1CCc2ccccc21. The number of hydrogen-bond donors (Lipinski definition) is 0. The van der Waals surface area contributed by atoms with Crippen molar-refractivity contribution in [1.82, 2.24) is 0 Å². The van der Waals surface area contributed by atoms with E-state index in [1.54, 1.807) is 11.8 Å². The van der Waals surface area contributed by atoms with Crippen molar-refractivity contribution in [3.8, 4) is 0 Å². The molecule has 1 heterocycles. The van der Waals surface area contributed by atoms with Crippen molar-refractivity contribution >= 4 is 23.4 Å². The number of rotatable bonds is 4. The first-order valence-electron chi connectivity index (χ1n) is 6.14. The number of thioether (sulfide) groups is 1. The van der Waals surface area contributed by atoms with E-state index in [1.165, 1.54) is 5.56 Å². The van der Waals surface area contributed by atoms with Crippen molar-refractivity contribution in [3.63, 3.8) is 0 Å². The molecule has 1 aliphatic rings. The highest BCUT2D eigenvalue weighted by atomic mass is 32.2. The fraction of sp³-hybridized carbons (Fsp3) is 0.500. The molecule has 0 atom stereocenters. The van der Waals surface area contributed by atoms with Gasteiger partial charge < -0.3 is 4.90 Å². The van der Waals surface area contributed by atoms with Crippen molar-refractivity contribution in [3.05, 3.63) is 29.8 Å². The van der Waals surface area contributed by atoms with Crippen LogP contribution in [0.15, 0.2) is 24.3 Å². The maximum atomic E-state index is 12.1. The molecular weight excluding hydrogens is 230 g/mol. The predicted molar refractivity (Wildman–Crippen MR) is 74.7 cm³/mol. The number of anilines is 1. The van der Waals surface area contributed by atoms with Gasteiger partial charge in [0.15, 0.2) is 0 Å². The van der Waals surface area contributed by atoms with E-state index in [0.29, 0.717) is 11.7 Å². The molecule has 1 aliphatic heterocycles. The Morgan fingerprint density at radius 3 is 2.94 bits per heavy atom. The van der Waals surface area contributed by atoms with E-state index in [0.717, 1.165) is 24.4 Å². The first-order valence-corrected chi connectivity index (χ1v) is 7.30. The highest BCUT2D eigenvalue weighted by Gasteiger charge is 2.23. The highest BCUT2D eigenvalue weighted by Crippen LogP contribution is 2.28. The van der Waals surface area contributed by atoms with Gasteiger partial charge in [-0.1, -0.05) is 32.0 Å². The number of carbonyl (C=O) groups is 1. The summed E-state index contributed by atoms with van der Waals surface area (Å²) in [6, 6.07) is 8.21. The fourth-order valence-electron chi connectivity index (χ4n) is 2.06. The summed E-state index contributed by atoms with van der Waals surface area (Å²) in [7, 11) is 0. The molecule has 0 N–H and O–H groups in total. The molecule has 1 amide bonds. The van der Waals surface area contributed by atoms with Crippen LogP contribution in [0.4, 0.5) is 5.69 Å². The molecule has 17 heavy (non-hydrogen) atoms. The van der Waals surface area contributed by atoms with Crippen LogP contribution in [0.2, 0.25) is 0 Å². The summed E-state index contributed by atoms with van der Waals surface area (Å²) in [4.78, 5) is 14.0. The zero-order chi connectivity index (χ0) is 12.3. The second-order valence-electron chi connectivity index (χ2n) is 4.83. The molecule has 1 aromatic rings. The first kappa shape index (κ1) is 12.5. The molecule has 0 aromatic heterocycles. The molecule has 0 unspecified atom stereocenters. The van der Waals surface area contributed by atoms with Crippen molar-refractivity contribution in [2.45, 2.75) is 20.3 Å². The highest BCUT2D eigenvalue weighted by molar-refractivity contribution is 7.99. The van der Waals surface area contributed by atoms with Gasteiger partial charge in [0.05, 0.1) is 5.75 Å². The number of nitrogens with zero attached hydrogens (tertiary/aromatic N) is 1. The first-order chi connectivity index (χ1) is 8.18. The second kappa shape index (κ2) is 5.58. The molecule has 0 radical (unpaired) electrons. The molecule has 0 saturated heterocycles. The van der Waals surface area contributed by atoms with E-state index in [4.69, 9.17) is 0 Å². The van der Waals surface area contributed by atoms with E-state index in [2.05, 4.69) is 19.9 Å². The van der Waals surface area contributed by atoms with Crippen LogP contribution in [-0.2, 0) is 11.2 Å². The van der Waals surface area contributed by atoms with Gasteiger partial charge in [-0.25, -0.2) is 0 Å². The Bertz CT molecular complexity index is 403. The van der Waals surface area contributed by atoms with Crippen LogP contribution in [0.1, 0.15) is 19.4 Å². The summed E-state index contributed by atoms with van der Waals surface area (Å²) in [5, 5.41) is 0. The lowest BCUT2D eigenvalue weighted by Gasteiger charge is -2.17. The minimum absolute atomic E-state index is 0.251. The fourth-order valence-corrected chi connectivity index (χ4v) is 2.98. The van der Waals surface area contributed by atoms with Crippen molar-refractivity contribution in [2.24, 2.45) is 5.92 Å². The number of fused-ring (bicyclic) bond motifs is 1. The van der Waals surface area contributed by atoms with Crippen molar-refractivity contribution in [2.75, 3.05) is 23.0 Å². The molecule has 0 fully saturated rings. The Morgan fingerprint density at radius 2 is 2.18 bits per heavy atom. The van der Waals surface area contributed by atoms with Gasteiger partial charge in [0.1, 0.15) is 0 Å². The summed E-state index contributed by atoms with van der Waals surface area (Å²) in [6.07, 6.45) is 0.997. The van der Waals surface area contributed by atoms with Crippen molar-refractivity contribution in [1.29, 1.82) is 0 Å². The minimum Gasteiger partial charge on any atom is -0.311 e. The Hall–Kier alpha value is -0.960. The lowest BCUT2D eigenvalue weighted by molar-refractivity contribution is -0.116. The summed E-state index contributed by atoms with van der Waals surface area (Å²) in [6.45, 7) is 5.21. The van der Waals surface area contributed by atoms with Crippen LogP contribution in [-0.4, -0.2) is 24.0 Å². The molecule has 2 nitrogen and oxygen atoms in total. The normalized spacial score (nSPS) is 14.2. The van der Waals surface area contributed by atoms with Gasteiger partial charge >= 0.3 is 0 Å². The van der Waals surface area contributed by atoms with Gasteiger partial charge in [-0.3, -0.25) is 4.79 Å². The summed E-state index contributed by atoms with van der Waals surface area (Å²) in [5.41, 5.74) is 2.41. The van der Waals surface area contributed by atoms with Gasteiger partial charge in [-0.05, 0) is 29.7 Å². The molecule has 0 spiro atoms. The van der Waals surface area contributed by atoms with Crippen LogP contribution < -0.4 is 4.90 Å². The molecular formula is C14H19NOS. The number of amides is 1. The van der Waals surface area contributed by atoms with Crippen LogP contribution in [0.3, 0.4) is 0 Å². The lowest BCUT2D eigenvalue weighted by atomic mass is 10.2. The standard InChI is InChI=1S/C14H19NOS/c1-11(2)9-17-10-14(16)15-8-7-12-5-3-4-6-13(12)15/h3-6,11H,7-10H2,1-2H3. The maximum absolute atomic E-state index is 12.1. The average Bonchev–Trinajstić information content (AvgIpc) is 2.72. The number of hydrogen-bond acceptors (Lipinski definition) is 2. The third-order valence-electron chi connectivity index (χ3n) is 2.86. The van der Waals surface area contributed by atoms with Gasteiger partial charge in [0.25, 0.3) is 0 Å². The zero-order valence-electron chi connectivity index (χ0n) is 10.5. The van der Waals surface area contributed by atoms with Crippen LogP contribution in [0, 0.1) is 5.92 Å². The second-order valence-corrected chi connectivity index (χ2v) is 5.86. The molecule has 0 saturated carbocycles. The topological polar surface area (TPSA) is 20.3 Å². The molecule has 3 heteroatoms. The van der Waals surface area contributed by atoms with Gasteiger partial charge in [0, 0.05) is 12.2 Å². The Balaban J connectivity index is 1.93. The Morgan fingerprint density at radius 1 is 1.41 bits per heavy atom. The maximum Gasteiger partial charge on any atom is 0.236 e. The quantitative estimate of drug-likeness (QED) is 0.817. The Labute approximate surface area is 107 Å². The summed E-state index contributed by atoms with van der Waals surface area (Å²) >= 11 is 1.74. The average molecular weight is 249 g/mol. The summed E-state index contributed by atoms with van der Waals surface area (Å²) < 4.78 is 0. The molecule has 0 aliphatic carbocycles. The molecule has 92 valence electrons. The van der Waals surface area contributed by atoms with E-state index in [1.807, 2.05) is 23.1 Å². The molecule has 2 rings (SSSR count). The third-order valence-corrected chi connectivity index (χ3v) is 4.22. The molecule has 0 bridgehead atoms. The van der Waals surface area contributed by atoms with Gasteiger partial charge in [-0.15, -0.1) is 0 Å². The monoisotopic (exact) mass is 249 g/mol. The summed E-state index contributed by atoms with van der Waals surface area (Å²) in [5.74, 6) is 2.56. The number of benzene rings is 1. The largest absolute Gasteiger partial charge is 0.311 e. The van der Waals surface area contributed by atoms with Crippen LogP contribution in [0.25, 0.3) is 0 Å². The van der Waals surface area contributed by atoms with Crippen LogP contribution >= 0.6 is 11.8 Å². The van der Waals surface area contributed by atoms with Gasteiger partial charge in [-0.2, -0.15) is 11.8 Å². The minimum atomic E-state index is 0.251. The lowest BCUT2D eigenvalue weighted by Crippen LogP contribution is -2.30. The van der Waals surface area contributed by atoms with E-state index >= 15 is 0 Å². The Kier molecular flexibility index (Phi) is 4.11. The molecule has 1 aromatic carbocycles. The van der Waals surface area contributed by atoms with E-state index in [-0.39, 0.29) is 5.91 Å². The zero-order valence-corrected chi connectivity index (χ0v) is 11.3. The predicted octanol–water partition coefficient (Wildman–Crippen LogP) is 2.96. The number of carbonyl (C=O) groups excluding carboxylic acids is 1. The van der Waals surface area contributed by atoms with E-state index in [9.17, 15) is 4.79 Å². The van der Waals surface area contributed by atoms with E-state index < -0.39 is 0 Å². The van der Waals surface area contributed by atoms with Crippen molar-refractivity contribution < 1.29 is 4.79 Å². The number of para-hydroxylation sites is 1. The van der Waals surface area contributed by atoms with Crippen LogP contribution in [0.5, 0.6) is 0 Å². The smallest absolute Gasteiger partial charge is 0.236 e.